The van der Waals surface area contributed by atoms with Crippen molar-refractivity contribution < 1.29 is 4.39 Å². The maximum absolute atomic E-state index is 13.2. The van der Waals surface area contributed by atoms with Crippen LogP contribution in [0.3, 0.4) is 0 Å². The molecule has 0 saturated heterocycles. The summed E-state index contributed by atoms with van der Waals surface area (Å²) >= 11 is 1.58. The maximum atomic E-state index is 13.2. The Hall–Kier alpha value is -2.34. The van der Waals surface area contributed by atoms with Gasteiger partial charge in [-0.25, -0.2) is 18.9 Å². The number of halogens is 1. The first-order chi connectivity index (χ1) is 9.31. The second-order valence-electron chi connectivity index (χ2n) is 4.09. The van der Waals surface area contributed by atoms with Crippen molar-refractivity contribution in [1.29, 1.82) is 0 Å². The molecule has 92 valence electrons. The fraction of sp³-hybridized carbons (Fsp3) is 0. The Bertz CT molecular complexity index is 882. The first kappa shape index (κ1) is 10.6. The van der Waals surface area contributed by atoms with E-state index >= 15 is 0 Å². The van der Waals surface area contributed by atoms with Crippen LogP contribution in [0.25, 0.3) is 27.3 Å². The largest absolute Gasteiger partial charge is 0.236 e. The zero-order valence-corrected chi connectivity index (χ0v) is 10.4. The lowest BCUT2D eigenvalue weighted by Gasteiger charge is -1.97. The van der Waals surface area contributed by atoms with Gasteiger partial charge in [-0.2, -0.15) is 0 Å². The first-order valence-electron chi connectivity index (χ1n) is 5.66. The Kier molecular flexibility index (Phi) is 2.13. The van der Waals surface area contributed by atoms with Crippen molar-refractivity contribution in [3.05, 3.63) is 47.9 Å². The van der Waals surface area contributed by atoms with Gasteiger partial charge < -0.3 is 0 Å². The molecule has 0 unspecified atom stereocenters. The normalized spacial score (nSPS) is 11.4. The molecule has 0 fully saturated rings. The molecule has 0 aliphatic carbocycles. The van der Waals surface area contributed by atoms with Crippen molar-refractivity contribution in [1.82, 2.24) is 19.6 Å². The fourth-order valence-corrected chi connectivity index (χ4v) is 2.67. The van der Waals surface area contributed by atoms with E-state index in [9.17, 15) is 4.39 Å². The Labute approximate surface area is 111 Å². The van der Waals surface area contributed by atoms with Crippen molar-refractivity contribution in [2.75, 3.05) is 0 Å². The number of hydrogen-bond donors (Lipinski definition) is 0. The summed E-state index contributed by atoms with van der Waals surface area (Å²) < 4.78 is 14.8. The van der Waals surface area contributed by atoms with Crippen LogP contribution in [-0.2, 0) is 0 Å². The molecule has 0 saturated carbocycles. The highest BCUT2D eigenvalue weighted by atomic mass is 32.1. The first-order valence-corrected chi connectivity index (χ1v) is 6.54. The van der Waals surface area contributed by atoms with E-state index in [2.05, 4.69) is 15.1 Å². The molecule has 0 N–H and O–H groups in total. The molecule has 0 bridgehead atoms. The number of rotatable bonds is 1. The highest BCUT2D eigenvalue weighted by molar-refractivity contribution is 7.13. The highest BCUT2D eigenvalue weighted by Crippen LogP contribution is 2.24. The third-order valence-electron chi connectivity index (χ3n) is 2.88. The lowest BCUT2D eigenvalue weighted by atomic mass is 10.2. The topological polar surface area (TPSA) is 43.1 Å². The lowest BCUT2D eigenvalue weighted by molar-refractivity contribution is 0.629. The summed E-state index contributed by atoms with van der Waals surface area (Å²) in [6.45, 7) is 0. The zero-order valence-electron chi connectivity index (χ0n) is 9.62. The summed E-state index contributed by atoms with van der Waals surface area (Å²) in [5.41, 5.74) is 1.27. The lowest BCUT2D eigenvalue weighted by Crippen LogP contribution is -1.91. The molecule has 4 nitrogen and oxygen atoms in total. The third kappa shape index (κ3) is 1.61. The van der Waals surface area contributed by atoms with Gasteiger partial charge >= 0.3 is 0 Å². The predicted octanol–water partition coefficient (Wildman–Crippen LogP) is 3.15. The molecule has 3 aromatic heterocycles. The number of aromatic nitrogens is 4. The Morgan fingerprint density at radius 1 is 1.21 bits per heavy atom. The van der Waals surface area contributed by atoms with Crippen LogP contribution >= 0.6 is 11.3 Å². The van der Waals surface area contributed by atoms with Gasteiger partial charge in [0.15, 0.2) is 11.5 Å². The van der Waals surface area contributed by atoms with Gasteiger partial charge in [-0.1, -0.05) is 6.07 Å². The minimum absolute atomic E-state index is 0.303. The Balaban J connectivity index is 2.05. The number of hydrogen-bond acceptors (Lipinski definition) is 4. The van der Waals surface area contributed by atoms with Crippen molar-refractivity contribution in [2.24, 2.45) is 0 Å². The van der Waals surface area contributed by atoms with Crippen molar-refractivity contribution in [3.63, 3.8) is 0 Å². The fourth-order valence-electron chi connectivity index (χ4n) is 2.02. The Morgan fingerprint density at radius 3 is 3.00 bits per heavy atom. The van der Waals surface area contributed by atoms with Gasteiger partial charge in [0, 0.05) is 11.5 Å². The van der Waals surface area contributed by atoms with E-state index in [-0.39, 0.29) is 5.82 Å². The summed E-state index contributed by atoms with van der Waals surface area (Å²) in [6.07, 6.45) is 1.56. The van der Waals surface area contributed by atoms with Crippen LogP contribution in [0.5, 0.6) is 0 Å². The standard InChI is InChI=1S/C13H7FN4S/c14-8-3-4-9-10(6-8)15-7-18-13(9)16-12(17-18)11-2-1-5-19-11/h1-7H. The third-order valence-corrected chi connectivity index (χ3v) is 3.75. The van der Waals surface area contributed by atoms with Gasteiger partial charge in [-0.15, -0.1) is 16.4 Å². The smallest absolute Gasteiger partial charge is 0.192 e. The van der Waals surface area contributed by atoms with E-state index in [0.29, 0.717) is 17.0 Å². The van der Waals surface area contributed by atoms with E-state index in [1.54, 1.807) is 28.2 Å². The minimum Gasteiger partial charge on any atom is -0.236 e. The van der Waals surface area contributed by atoms with Crippen molar-refractivity contribution in [2.45, 2.75) is 0 Å². The van der Waals surface area contributed by atoms with E-state index in [1.807, 2.05) is 17.5 Å². The van der Waals surface area contributed by atoms with E-state index < -0.39 is 0 Å². The van der Waals surface area contributed by atoms with Gasteiger partial charge in [-0.05, 0) is 23.6 Å². The van der Waals surface area contributed by atoms with E-state index in [4.69, 9.17) is 0 Å². The Morgan fingerprint density at radius 2 is 2.16 bits per heavy atom. The molecular weight excluding hydrogens is 263 g/mol. The highest BCUT2D eigenvalue weighted by Gasteiger charge is 2.10. The van der Waals surface area contributed by atoms with Crippen LogP contribution in [0, 0.1) is 5.82 Å². The predicted molar refractivity (Wildman–Crippen MR) is 71.6 cm³/mol. The zero-order chi connectivity index (χ0) is 12.8. The van der Waals surface area contributed by atoms with Gasteiger partial charge in [0.25, 0.3) is 0 Å². The molecule has 6 heteroatoms. The van der Waals surface area contributed by atoms with Crippen molar-refractivity contribution >= 4 is 27.9 Å². The molecule has 0 amide bonds. The van der Waals surface area contributed by atoms with Crippen LogP contribution in [0.4, 0.5) is 4.39 Å². The summed E-state index contributed by atoms with van der Waals surface area (Å²) in [5.74, 6) is 0.357. The number of benzene rings is 1. The molecule has 3 heterocycles. The number of fused-ring (bicyclic) bond motifs is 3. The summed E-state index contributed by atoms with van der Waals surface area (Å²) in [5, 5.41) is 7.16. The molecule has 4 rings (SSSR count). The average Bonchev–Trinajstić information content (AvgIpc) is 3.06. The summed E-state index contributed by atoms with van der Waals surface area (Å²) in [6, 6.07) is 8.41. The second-order valence-corrected chi connectivity index (χ2v) is 5.03. The van der Waals surface area contributed by atoms with E-state index in [1.165, 1.54) is 12.1 Å². The maximum Gasteiger partial charge on any atom is 0.192 e. The van der Waals surface area contributed by atoms with Gasteiger partial charge in [0.1, 0.15) is 12.1 Å². The SMILES string of the molecule is Fc1ccc2c(c1)ncn1nc(-c3cccs3)nc21. The molecule has 19 heavy (non-hydrogen) atoms. The molecule has 0 aliphatic heterocycles. The van der Waals surface area contributed by atoms with Crippen LogP contribution in [0.15, 0.2) is 42.0 Å². The number of thiophene rings is 1. The molecule has 0 aliphatic rings. The van der Waals surface area contributed by atoms with Crippen LogP contribution < -0.4 is 0 Å². The quantitative estimate of drug-likeness (QED) is 0.533. The van der Waals surface area contributed by atoms with Gasteiger partial charge in [0.05, 0.1) is 10.4 Å². The molecule has 4 aromatic rings. The van der Waals surface area contributed by atoms with Gasteiger partial charge in [0.2, 0.25) is 0 Å². The molecule has 0 atom stereocenters. The second kappa shape index (κ2) is 3.83. The minimum atomic E-state index is -0.303. The van der Waals surface area contributed by atoms with E-state index in [0.717, 1.165) is 10.3 Å². The molecule has 0 spiro atoms. The number of nitrogens with zero attached hydrogens (tertiary/aromatic N) is 4. The average molecular weight is 270 g/mol. The van der Waals surface area contributed by atoms with Crippen LogP contribution in [0.2, 0.25) is 0 Å². The van der Waals surface area contributed by atoms with Crippen LogP contribution in [0.1, 0.15) is 0 Å². The summed E-state index contributed by atoms with van der Waals surface area (Å²) in [4.78, 5) is 9.70. The molecule has 0 radical (unpaired) electrons. The molecule has 1 aromatic carbocycles. The molecular formula is C13H7FN4S. The monoisotopic (exact) mass is 270 g/mol. The van der Waals surface area contributed by atoms with Crippen molar-refractivity contribution in [3.8, 4) is 10.7 Å². The van der Waals surface area contributed by atoms with Gasteiger partial charge in [-0.3, -0.25) is 0 Å². The van der Waals surface area contributed by atoms with Crippen LogP contribution in [-0.4, -0.2) is 19.6 Å². The summed E-state index contributed by atoms with van der Waals surface area (Å²) in [7, 11) is 0.